The number of rotatable bonds is 4. The summed E-state index contributed by atoms with van der Waals surface area (Å²) in [6.07, 6.45) is 5.49. The van der Waals surface area contributed by atoms with Crippen molar-refractivity contribution in [3.63, 3.8) is 0 Å². The number of fused-ring (bicyclic) bond motifs is 1. The van der Waals surface area contributed by atoms with Gasteiger partial charge in [-0.2, -0.15) is 5.26 Å². The van der Waals surface area contributed by atoms with Crippen LogP contribution in [-0.2, 0) is 4.79 Å². The minimum atomic E-state index is -0.313. The van der Waals surface area contributed by atoms with E-state index in [1.54, 1.807) is 13.2 Å². The molecular weight excluding hydrogens is 280 g/mol. The Balaban J connectivity index is 1.81. The van der Waals surface area contributed by atoms with Gasteiger partial charge in [0.2, 0.25) is 0 Å². The number of nitrogens with one attached hydrogen (secondary N) is 1. The molecule has 0 aromatic heterocycles. The summed E-state index contributed by atoms with van der Waals surface area (Å²) >= 11 is 0. The standard InChI is InChI=1S/C17H16N2O3/c1-21-15-5-2-12-6-11(10-22-16(12)8-15)7-13(9-18)17(20)19-14-3-4-14/h2,5-8,14H,3-4,10H2,1H3,(H,19,20)/b13-7+. The number of nitrogens with zero attached hydrogens (tertiary/aromatic N) is 1. The predicted molar refractivity (Wildman–Crippen MR) is 81.3 cm³/mol. The van der Waals surface area contributed by atoms with Crippen molar-refractivity contribution in [2.45, 2.75) is 18.9 Å². The molecule has 1 aliphatic carbocycles. The van der Waals surface area contributed by atoms with Crippen LogP contribution in [0.1, 0.15) is 18.4 Å². The Bertz CT molecular complexity index is 709. The third kappa shape index (κ3) is 3.12. The largest absolute Gasteiger partial charge is 0.497 e. The van der Waals surface area contributed by atoms with Crippen molar-refractivity contribution >= 4 is 12.0 Å². The molecule has 1 heterocycles. The molecule has 0 unspecified atom stereocenters. The zero-order valence-corrected chi connectivity index (χ0v) is 12.3. The smallest absolute Gasteiger partial charge is 0.262 e. The zero-order valence-electron chi connectivity index (χ0n) is 12.3. The lowest BCUT2D eigenvalue weighted by Gasteiger charge is -2.17. The number of hydrogen-bond acceptors (Lipinski definition) is 4. The molecule has 1 aromatic carbocycles. The van der Waals surface area contributed by atoms with Crippen molar-refractivity contribution in [2.24, 2.45) is 0 Å². The van der Waals surface area contributed by atoms with E-state index >= 15 is 0 Å². The number of nitriles is 1. The molecule has 5 nitrogen and oxygen atoms in total. The number of carbonyl (C=O) groups excluding carboxylic acids is 1. The Kier molecular flexibility index (Phi) is 3.84. The molecule has 5 heteroatoms. The van der Waals surface area contributed by atoms with Crippen molar-refractivity contribution in [1.82, 2.24) is 5.32 Å². The van der Waals surface area contributed by atoms with Gasteiger partial charge in [-0.3, -0.25) is 4.79 Å². The van der Waals surface area contributed by atoms with Gasteiger partial charge in [-0.05, 0) is 42.7 Å². The molecule has 1 fully saturated rings. The lowest BCUT2D eigenvalue weighted by molar-refractivity contribution is -0.117. The summed E-state index contributed by atoms with van der Waals surface area (Å²) in [5, 5.41) is 12.0. The van der Waals surface area contributed by atoms with Gasteiger partial charge in [0.15, 0.2) is 0 Å². The lowest BCUT2D eigenvalue weighted by Crippen LogP contribution is -2.26. The van der Waals surface area contributed by atoms with Crippen LogP contribution in [0.15, 0.2) is 35.4 Å². The van der Waals surface area contributed by atoms with Crippen LogP contribution in [0, 0.1) is 11.3 Å². The molecule has 0 atom stereocenters. The third-order valence-corrected chi connectivity index (χ3v) is 3.56. The maximum atomic E-state index is 11.9. The molecule has 1 aliphatic heterocycles. The van der Waals surface area contributed by atoms with E-state index in [0.29, 0.717) is 6.61 Å². The van der Waals surface area contributed by atoms with Crippen LogP contribution < -0.4 is 14.8 Å². The van der Waals surface area contributed by atoms with E-state index in [-0.39, 0.29) is 17.5 Å². The summed E-state index contributed by atoms with van der Waals surface area (Å²) in [4.78, 5) is 11.9. The van der Waals surface area contributed by atoms with Crippen molar-refractivity contribution in [3.05, 3.63) is 41.0 Å². The quantitative estimate of drug-likeness (QED) is 0.683. The fourth-order valence-corrected chi connectivity index (χ4v) is 2.20. The van der Waals surface area contributed by atoms with Crippen molar-refractivity contribution in [3.8, 4) is 17.6 Å². The summed E-state index contributed by atoms with van der Waals surface area (Å²) in [6, 6.07) is 7.73. The lowest BCUT2D eigenvalue weighted by atomic mass is 10.0. The van der Waals surface area contributed by atoms with Crippen molar-refractivity contribution < 1.29 is 14.3 Å². The normalized spacial score (nSPS) is 16.7. The first-order valence-corrected chi connectivity index (χ1v) is 7.13. The first-order valence-electron chi connectivity index (χ1n) is 7.13. The molecule has 1 N–H and O–H groups in total. The number of amides is 1. The van der Waals surface area contributed by atoms with E-state index in [9.17, 15) is 4.79 Å². The van der Waals surface area contributed by atoms with E-state index in [4.69, 9.17) is 14.7 Å². The molecule has 2 aliphatic rings. The molecule has 0 saturated heterocycles. The third-order valence-electron chi connectivity index (χ3n) is 3.56. The van der Waals surface area contributed by atoms with E-state index in [2.05, 4.69) is 5.32 Å². The Morgan fingerprint density at radius 1 is 1.50 bits per heavy atom. The zero-order chi connectivity index (χ0) is 15.5. The molecule has 1 saturated carbocycles. The van der Waals surface area contributed by atoms with E-state index in [1.807, 2.05) is 30.3 Å². The van der Waals surface area contributed by atoms with Gasteiger partial charge in [0.1, 0.15) is 29.7 Å². The van der Waals surface area contributed by atoms with Gasteiger partial charge in [-0.1, -0.05) is 0 Å². The average molecular weight is 296 g/mol. The van der Waals surface area contributed by atoms with Gasteiger partial charge in [-0.15, -0.1) is 0 Å². The fourth-order valence-electron chi connectivity index (χ4n) is 2.20. The van der Waals surface area contributed by atoms with E-state index < -0.39 is 0 Å². The predicted octanol–water partition coefficient (Wildman–Crippen LogP) is 2.20. The number of ether oxygens (including phenoxy) is 2. The van der Waals surface area contributed by atoms with Crippen LogP contribution >= 0.6 is 0 Å². The molecule has 1 aromatic rings. The molecule has 0 spiro atoms. The van der Waals surface area contributed by atoms with Crippen LogP contribution in [-0.4, -0.2) is 25.7 Å². The highest BCUT2D eigenvalue weighted by molar-refractivity contribution is 5.98. The maximum absolute atomic E-state index is 11.9. The molecule has 112 valence electrons. The Labute approximate surface area is 128 Å². The number of hydrogen-bond donors (Lipinski definition) is 1. The van der Waals surface area contributed by atoms with Crippen LogP contribution in [0.5, 0.6) is 11.5 Å². The molecule has 3 rings (SSSR count). The molecule has 1 amide bonds. The maximum Gasteiger partial charge on any atom is 0.262 e. The SMILES string of the molecule is COc1ccc2c(c1)OCC(/C=C(\C#N)C(=O)NC1CC1)=C2. The second kappa shape index (κ2) is 5.94. The van der Waals surface area contributed by atoms with Crippen LogP contribution in [0.2, 0.25) is 0 Å². The summed E-state index contributed by atoms with van der Waals surface area (Å²) in [5.74, 6) is 1.15. The fraction of sp³-hybridized carbons (Fsp3) is 0.294. The number of methoxy groups -OCH3 is 1. The number of carbonyl (C=O) groups is 1. The first-order chi connectivity index (χ1) is 10.7. The highest BCUT2D eigenvalue weighted by Gasteiger charge is 2.25. The van der Waals surface area contributed by atoms with E-state index in [1.165, 1.54) is 0 Å². The molecule has 0 bridgehead atoms. The van der Waals surface area contributed by atoms with Gasteiger partial charge in [0.05, 0.1) is 7.11 Å². The second-order valence-electron chi connectivity index (χ2n) is 5.33. The molecule has 22 heavy (non-hydrogen) atoms. The average Bonchev–Trinajstić information content (AvgIpc) is 3.35. The Morgan fingerprint density at radius 2 is 2.32 bits per heavy atom. The Morgan fingerprint density at radius 3 is 3.00 bits per heavy atom. The van der Waals surface area contributed by atoms with Crippen LogP contribution in [0.25, 0.3) is 6.08 Å². The second-order valence-corrected chi connectivity index (χ2v) is 5.33. The summed E-state index contributed by atoms with van der Waals surface area (Å²) < 4.78 is 10.8. The minimum absolute atomic E-state index is 0.110. The summed E-state index contributed by atoms with van der Waals surface area (Å²) in [7, 11) is 1.60. The van der Waals surface area contributed by atoms with Gasteiger partial charge in [-0.25, -0.2) is 0 Å². The number of benzene rings is 1. The molecular formula is C17H16N2O3. The first kappa shape index (κ1) is 14.2. The monoisotopic (exact) mass is 296 g/mol. The van der Waals surface area contributed by atoms with Gasteiger partial charge in [0, 0.05) is 17.7 Å². The van der Waals surface area contributed by atoms with Crippen LogP contribution in [0.4, 0.5) is 0 Å². The Hall–Kier alpha value is -2.74. The summed E-state index contributed by atoms with van der Waals surface area (Å²) in [6.45, 7) is 0.321. The topological polar surface area (TPSA) is 71.3 Å². The van der Waals surface area contributed by atoms with Crippen LogP contribution in [0.3, 0.4) is 0 Å². The highest BCUT2D eigenvalue weighted by Crippen LogP contribution is 2.30. The van der Waals surface area contributed by atoms with Gasteiger partial charge in [0.25, 0.3) is 5.91 Å². The van der Waals surface area contributed by atoms with Gasteiger partial charge < -0.3 is 14.8 Å². The minimum Gasteiger partial charge on any atom is -0.497 e. The molecule has 0 radical (unpaired) electrons. The van der Waals surface area contributed by atoms with Crippen molar-refractivity contribution in [1.29, 1.82) is 5.26 Å². The highest BCUT2D eigenvalue weighted by atomic mass is 16.5. The van der Waals surface area contributed by atoms with E-state index in [0.717, 1.165) is 35.5 Å². The van der Waals surface area contributed by atoms with Gasteiger partial charge >= 0.3 is 0 Å². The van der Waals surface area contributed by atoms with Crippen molar-refractivity contribution in [2.75, 3.05) is 13.7 Å². The summed E-state index contributed by atoms with van der Waals surface area (Å²) in [5.41, 5.74) is 1.80.